The number of hydrogen-bond donors (Lipinski definition) is 0. The van der Waals surface area contributed by atoms with Crippen LogP contribution >= 0.6 is 11.6 Å². The first-order chi connectivity index (χ1) is 6.52. The summed E-state index contributed by atoms with van der Waals surface area (Å²) in [6, 6.07) is 0. The van der Waals surface area contributed by atoms with Gasteiger partial charge in [0.2, 0.25) is 0 Å². The standard InChI is InChI=1S/C13H21Cl/c1-10(2)12-6-5-7-13(8-12,9-14)11(3)4/h5-7,10-11H,8-9H2,1-4H3. The Balaban J connectivity index is 2.87. The van der Waals surface area contributed by atoms with Crippen LogP contribution in [0.2, 0.25) is 0 Å². The predicted octanol–water partition coefficient (Wildman–Crippen LogP) is 4.41. The lowest BCUT2D eigenvalue weighted by molar-refractivity contribution is 0.290. The molecule has 1 heteroatoms. The van der Waals surface area contributed by atoms with Gasteiger partial charge in [-0.25, -0.2) is 0 Å². The Hall–Kier alpha value is -0.230. The second-order valence-corrected chi connectivity index (χ2v) is 5.22. The molecule has 0 aromatic rings. The number of rotatable bonds is 3. The number of alkyl halides is 1. The summed E-state index contributed by atoms with van der Waals surface area (Å²) in [6.45, 7) is 9.03. The van der Waals surface area contributed by atoms with Gasteiger partial charge in [-0.1, -0.05) is 51.5 Å². The largest absolute Gasteiger partial charge is 0.126 e. The van der Waals surface area contributed by atoms with E-state index in [0.717, 1.165) is 12.3 Å². The summed E-state index contributed by atoms with van der Waals surface area (Å²) in [5.41, 5.74) is 1.72. The lowest BCUT2D eigenvalue weighted by Crippen LogP contribution is -2.29. The van der Waals surface area contributed by atoms with Crippen molar-refractivity contribution in [3.05, 3.63) is 23.8 Å². The topological polar surface area (TPSA) is 0 Å². The zero-order chi connectivity index (χ0) is 10.8. The molecule has 0 bridgehead atoms. The van der Waals surface area contributed by atoms with Gasteiger partial charge in [0.15, 0.2) is 0 Å². The molecule has 0 fully saturated rings. The Kier molecular flexibility index (Phi) is 3.83. The van der Waals surface area contributed by atoms with Crippen molar-refractivity contribution in [2.45, 2.75) is 34.1 Å². The Bertz CT molecular complexity index is 248. The summed E-state index contributed by atoms with van der Waals surface area (Å²) in [4.78, 5) is 0. The Morgan fingerprint density at radius 3 is 2.43 bits per heavy atom. The van der Waals surface area contributed by atoms with Gasteiger partial charge in [0.05, 0.1) is 0 Å². The molecule has 0 aromatic heterocycles. The van der Waals surface area contributed by atoms with Gasteiger partial charge in [-0.3, -0.25) is 0 Å². The first-order valence-electron chi connectivity index (χ1n) is 5.46. The van der Waals surface area contributed by atoms with Gasteiger partial charge in [-0.15, -0.1) is 11.6 Å². The van der Waals surface area contributed by atoms with Crippen LogP contribution in [-0.2, 0) is 0 Å². The van der Waals surface area contributed by atoms with Gasteiger partial charge in [-0.2, -0.15) is 0 Å². The van der Waals surface area contributed by atoms with Gasteiger partial charge in [0, 0.05) is 11.3 Å². The zero-order valence-corrected chi connectivity index (χ0v) is 10.4. The van der Waals surface area contributed by atoms with Gasteiger partial charge in [0.1, 0.15) is 0 Å². The van der Waals surface area contributed by atoms with Crippen LogP contribution in [0.3, 0.4) is 0 Å². The molecule has 0 heterocycles. The van der Waals surface area contributed by atoms with Gasteiger partial charge >= 0.3 is 0 Å². The van der Waals surface area contributed by atoms with Crippen molar-refractivity contribution in [1.82, 2.24) is 0 Å². The van der Waals surface area contributed by atoms with E-state index in [1.807, 2.05) is 0 Å². The van der Waals surface area contributed by atoms with Crippen LogP contribution in [0.5, 0.6) is 0 Å². The smallest absolute Gasteiger partial charge is 0.0320 e. The van der Waals surface area contributed by atoms with E-state index >= 15 is 0 Å². The lowest BCUT2D eigenvalue weighted by Gasteiger charge is -2.36. The molecular formula is C13H21Cl. The third kappa shape index (κ3) is 2.23. The minimum absolute atomic E-state index is 0.190. The van der Waals surface area contributed by atoms with E-state index in [1.165, 1.54) is 5.57 Å². The Morgan fingerprint density at radius 2 is 2.00 bits per heavy atom. The average molecular weight is 213 g/mol. The third-order valence-corrected chi connectivity index (χ3v) is 3.91. The van der Waals surface area contributed by atoms with Gasteiger partial charge in [0.25, 0.3) is 0 Å². The summed E-state index contributed by atoms with van der Waals surface area (Å²) in [6.07, 6.45) is 7.85. The molecule has 0 N–H and O–H groups in total. The number of allylic oxidation sites excluding steroid dienone is 4. The molecule has 0 saturated heterocycles. The summed E-state index contributed by atoms with van der Waals surface area (Å²) in [7, 11) is 0. The van der Waals surface area contributed by atoms with Crippen molar-refractivity contribution in [2.75, 3.05) is 5.88 Å². The van der Waals surface area contributed by atoms with Crippen LogP contribution in [0, 0.1) is 17.3 Å². The Labute approximate surface area is 93.0 Å². The molecule has 0 amide bonds. The fraction of sp³-hybridized carbons (Fsp3) is 0.692. The van der Waals surface area contributed by atoms with E-state index in [9.17, 15) is 0 Å². The molecule has 0 spiro atoms. The molecule has 0 nitrogen and oxygen atoms in total. The van der Waals surface area contributed by atoms with E-state index in [-0.39, 0.29) is 5.41 Å². The molecule has 0 saturated carbocycles. The highest BCUT2D eigenvalue weighted by Crippen LogP contribution is 2.41. The molecule has 1 rings (SSSR count). The lowest BCUT2D eigenvalue weighted by atomic mass is 9.70. The first kappa shape index (κ1) is 11.8. The maximum Gasteiger partial charge on any atom is 0.0320 e. The fourth-order valence-electron chi connectivity index (χ4n) is 1.90. The second kappa shape index (κ2) is 4.53. The molecule has 1 aliphatic carbocycles. The maximum atomic E-state index is 6.12. The quantitative estimate of drug-likeness (QED) is 0.608. The van der Waals surface area contributed by atoms with Gasteiger partial charge < -0.3 is 0 Å². The van der Waals surface area contributed by atoms with E-state index < -0.39 is 0 Å². The van der Waals surface area contributed by atoms with Crippen molar-refractivity contribution < 1.29 is 0 Å². The highest BCUT2D eigenvalue weighted by Gasteiger charge is 2.32. The van der Waals surface area contributed by atoms with Crippen LogP contribution in [0.1, 0.15) is 34.1 Å². The second-order valence-electron chi connectivity index (χ2n) is 4.95. The molecule has 0 radical (unpaired) electrons. The molecule has 1 atom stereocenters. The highest BCUT2D eigenvalue weighted by molar-refractivity contribution is 6.18. The average Bonchev–Trinajstić information content (AvgIpc) is 2.17. The molecule has 1 aliphatic rings. The third-order valence-electron chi connectivity index (χ3n) is 3.41. The summed E-state index contributed by atoms with van der Waals surface area (Å²) < 4.78 is 0. The van der Waals surface area contributed by atoms with Crippen LogP contribution in [0.25, 0.3) is 0 Å². The minimum atomic E-state index is 0.190. The molecule has 80 valence electrons. The Morgan fingerprint density at radius 1 is 1.36 bits per heavy atom. The zero-order valence-electron chi connectivity index (χ0n) is 9.68. The monoisotopic (exact) mass is 212 g/mol. The normalized spacial score (nSPS) is 27.2. The first-order valence-corrected chi connectivity index (χ1v) is 5.99. The molecule has 14 heavy (non-hydrogen) atoms. The van der Waals surface area contributed by atoms with Crippen LogP contribution < -0.4 is 0 Å². The van der Waals surface area contributed by atoms with Crippen LogP contribution in [0.4, 0.5) is 0 Å². The van der Waals surface area contributed by atoms with E-state index in [4.69, 9.17) is 11.6 Å². The summed E-state index contributed by atoms with van der Waals surface area (Å²) in [5, 5.41) is 0. The van der Waals surface area contributed by atoms with Crippen molar-refractivity contribution in [2.24, 2.45) is 17.3 Å². The van der Waals surface area contributed by atoms with Crippen molar-refractivity contribution >= 4 is 11.6 Å². The van der Waals surface area contributed by atoms with Crippen molar-refractivity contribution in [3.8, 4) is 0 Å². The summed E-state index contributed by atoms with van der Waals surface area (Å²) in [5.74, 6) is 1.98. The SMILES string of the molecule is CC(C)C1=CC=CC(CCl)(C(C)C)C1. The predicted molar refractivity (Wildman–Crippen MR) is 64.7 cm³/mol. The van der Waals surface area contributed by atoms with E-state index in [1.54, 1.807) is 0 Å². The van der Waals surface area contributed by atoms with Crippen LogP contribution in [0.15, 0.2) is 23.8 Å². The molecular weight excluding hydrogens is 192 g/mol. The molecule has 1 unspecified atom stereocenters. The maximum absolute atomic E-state index is 6.12. The van der Waals surface area contributed by atoms with Crippen LogP contribution in [-0.4, -0.2) is 5.88 Å². The number of hydrogen-bond acceptors (Lipinski definition) is 0. The van der Waals surface area contributed by atoms with E-state index in [2.05, 4.69) is 45.9 Å². The summed E-state index contributed by atoms with van der Waals surface area (Å²) >= 11 is 6.12. The highest BCUT2D eigenvalue weighted by atomic mass is 35.5. The van der Waals surface area contributed by atoms with Crippen molar-refractivity contribution in [1.29, 1.82) is 0 Å². The number of halogens is 1. The van der Waals surface area contributed by atoms with Crippen molar-refractivity contribution in [3.63, 3.8) is 0 Å². The molecule has 0 aliphatic heterocycles. The minimum Gasteiger partial charge on any atom is -0.126 e. The molecule has 0 aromatic carbocycles. The van der Waals surface area contributed by atoms with Gasteiger partial charge in [-0.05, 0) is 18.3 Å². The fourth-order valence-corrected chi connectivity index (χ4v) is 2.39. The van der Waals surface area contributed by atoms with E-state index in [0.29, 0.717) is 11.8 Å².